The molecule has 2 heterocycles. The summed E-state index contributed by atoms with van der Waals surface area (Å²) >= 11 is 0. The number of hydrazine groups is 1. The van der Waals surface area contributed by atoms with E-state index in [0.29, 0.717) is 0 Å². The predicted molar refractivity (Wildman–Crippen MR) is 43.0 cm³/mol. The fourth-order valence-corrected chi connectivity index (χ4v) is 1.15. The van der Waals surface area contributed by atoms with Crippen LogP contribution in [0.4, 0.5) is 0 Å². The lowest BCUT2D eigenvalue weighted by atomic mass is 10.1. The van der Waals surface area contributed by atoms with Gasteiger partial charge in [0.15, 0.2) is 0 Å². The molecule has 0 atom stereocenters. The van der Waals surface area contributed by atoms with E-state index in [0.717, 1.165) is 12.2 Å². The Balaban J connectivity index is 2.46. The molecule has 2 N–H and O–H groups in total. The van der Waals surface area contributed by atoms with E-state index in [9.17, 15) is 0 Å². The first-order valence-electron chi connectivity index (χ1n) is 3.50. The van der Waals surface area contributed by atoms with Gasteiger partial charge >= 0.3 is 0 Å². The molecule has 0 spiro atoms. The standard InChI is InChI=1S/C8H9N3/c9-11-5-3-8-7(6-11)2-1-4-10-8/h1-5H,6,9H2. The van der Waals surface area contributed by atoms with Crippen LogP contribution in [0.15, 0.2) is 24.5 Å². The lowest BCUT2D eigenvalue weighted by molar-refractivity contribution is 0.383. The van der Waals surface area contributed by atoms with Crippen LogP contribution in [0.1, 0.15) is 11.3 Å². The molecule has 0 saturated heterocycles. The SMILES string of the molecule is NN1C=Cc2ncccc2C1. The summed E-state index contributed by atoms with van der Waals surface area (Å²) in [6.07, 6.45) is 5.53. The highest BCUT2D eigenvalue weighted by atomic mass is 15.4. The third-order valence-corrected chi connectivity index (χ3v) is 1.70. The van der Waals surface area contributed by atoms with Crippen molar-refractivity contribution in [1.82, 2.24) is 9.99 Å². The number of rotatable bonds is 0. The number of hydrogen-bond acceptors (Lipinski definition) is 3. The number of hydrogen-bond donors (Lipinski definition) is 1. The van der Waals surface area contributed by atoms with Gasteiger partial charge in [-0.1, -0.05) is 6.07 Å². The zero-order valence-corrected chi connectivity index (χ0v) is 6.07. The van der Waals surface area contributed by atoms with Crippen molar-refractivity contribution >= 4 is 6.08 Å². The number of nitrogens with zero attached hydrogens (tertiary/aromatic N) is 2. The molecule has 0 unspecified atom stereocenters. The lowest BCUT2D eigenvalue weighted by Crippen LogP contribution is -2.26. The van der Waals surface area contributed by atoms with Gasteiger partial charge in [-0.3, -0.25) is 4.98 Å². The summed E-state index contributed by atoms with van der Waals surface area (Å²) in [5, 5.41) is 1.64. The van der Waals surface area contributed by atoms with Gasteiger partial charge in [-0.05, 0) is 17.7 Å². The summed E-state index contributed by atoms with van der Waals surface area (Å²) < 4.78 is 0. The van der Waals surface area contributed by atoms with Crippen LogP contribution in [-0.4, -0.2) is 9.99 Å². The number of nitrogens with two attached hydrogens (primary N) is 1. The Kier molecular flexibility index (Phi) is 1.36. The Bertz CT molecular complexity index is 293. The summed E-state index contributed by atoms with van der Waals surface area (Å²) in [5.74, 6) is 5.57. The topological polar surface area (TPSA) is 42.1 Å². The molecule has 3 nitrogen and oxygen atoms in total. The van der Waals surface area contributed by atoms with Gasteiger partial charge in [0.25, 0.3) is 0 Å². The highest BCUT2D eigenvalue weighted by Crippen LogP contribution is 2.13. The van der Waals surface area contributed by atoms with Crippen LogP contribution in [0.3, 0.4) is 0 Å². The van der Waals surface area contributed by atoms with Gasteiger partial charge in [0.1, 0.15) is 0 Å². The highest BCUT2D eigenvalue weighted by Gasteiger charge is 2.06. The van der Waals surface area contributed by atoms with Crippen LogP contribution < -0.4 is 5.84 Å². The molecule has 56 valence electrons. The monoisotopic (exact) mass is 147 g/mol. The summed E-state index contributed by atoms with van der Waals surface area (Å²) in [5.41, 5.74) is 2.20. The average molecular weight is 147 g/mol. The molecule has 0 amide bonds. The molecule has 0 aliphatic carbocycles. The van der Waals surface area contributed by atoms with Gasteiger partial charge in [-0.25, -0.2) is 5.84 Å². The van der Waals surface area contributed by atoms with Crippen molar-refractivity contribution in [3.05, 3.63) is 35.8 Å². The second kappa shape index (κ2) is 2.36. The third kappa shape index (κ3) is 1.10. The molecule has 1 aromatic rings. The summed E-state index contributed by atoms with van der Waals surface area (Å²) in [7, 11) is 0. The predicted octanol–water partition coefficient (Wildman–Crippen LogP) is 0.742. The van der Waals surface area contributed by atoms with Crippen molar-refractivity contribution in [3.8, 4) is 0 Å². The quantitative estimate of drug-likeness (QED) is 0.550. The molecule has 0 aromatic carbocycles. The van der Waals surface area contributed by atoms with Crippen molar-refractivity contribution in [3.63, 3.8) is 0 Å². The minimum atomic E-state index is 0.750. The van der Waals surface area contributed by atoms with E-state index in [1.54, 1.807) is 11.2 Å². The van der Waals surface area contributed by atoms with Gasteiger partial charge in [-0.15, -0.1) is 0 Å². The van der Waals surface area contributed by atoms with Gasteiger partial charge in [0.2, 0.25) is 0 Å². The van der Waals surface area contributed by atoms with Gasteiger partial charge in [0.05, 0.1) is 12.2 Å². The van der Waals surface area contributed by atoms with Crippen molar-refractivity contribution < 1.29 is 0 Å². The second-order valence-corrected chi connectivity index (χ2v) is 2.54. The number of pyridine rings is 1. The Morgan fingerprint density at radius 2 is 2.45 bits per heavy atom. The molecule has 0 radical (unpaired) electrons. The summed E-state index contributed by atoms with van der Waals surface area (Å²) in [6.45, 7) is 0.750. The Morgan fingerprint density at radius 1 is 1.55 bits per heavy atom. The van der Waals surface area contributed by atoms with Crippen LogP contribution >= 0.6 is 0 Å². The highest BCUT2D eigenvalue weighted by molar-refractivity contribution is 5.50. The molecule has 2 rings (SSSR count). The maximum atomic E-state index is 5.57. The molecule has 0 fully saturated rings. The molecule has 11 heavy (non-hydrogen) atoms. The molecular weight excluding hydrogens is 138 g/mol. The van der Waals surface area contributed by atoms with Crippen molar-refractivity contribution in [2.75, 3.05) is 0 Å². The zero-order valence-electron chi connectivity index (χ0n) is 6.07. The molecule has 3 heteroatoms. The molecule has 0 saturated carbocycles. The van der Waals surface area contributed by atoms with Crippen molar-refractivity contribution in [2.24, 2.45) is 5.84 Å². The second-order valence-electron chi connectivity index (χ2n) is 2.54. The first-order chi connectivity index (χ1) is 5.36. The van der Waals surface area contributed by atoms with Gasteiger partial charge in [-0.2, -0.15) is 0 Å². The fraction of sp³-hybridized carbons (Fsp3) is 0.125. The van der Waals surface area contributed by atoms with Crippen LogP contribution in [0, 0.1) is 0 Å². The van der Waals surface area contributed by atoms with Crippen LogP contribution in [-0.2, 0) is 6.54 Å². The van der Waals surface area contributed by atoms with E-state index in [4.69, 9.17) is 5.84 Å². The number of aromatic nitrogens is 1. The average Bonchev–Trinajstić information content (AvgIpc) is 2.04. The minimum absolute atomic E-state index is 0.750. The molecule has 0 bridgehead atoms. The molecule has 1 aliphatic heterocycles. The smallest absolute Gasteiger partial charge is 0.0695 e. The number of fused-ring (bicyclic) bond motifs is 1. The van der Waals surface area contributed by atoms with Crippen LogP contribution in [0.5, 0.6) is 0 Å². The molecule has 1 aliphatic rings. The Morgan fingerprint density at radius 3 is 3.36 bits per heavy atom. The van der Waals surface area contributed by atoms with E-state index < -0.39 is 0 Å². The van der Waals surface area contributed by atoms with E-state index in [1.807, 2.05) is 24.4 Å². The lowest BCUT2D eigenvalue weighted by Gasteiger charge is -2.18. The maximum absolute atomic E-state index is 5.57. The van der Waals surface area contributed by atoms with Gasteiger partial charge in [0, 0.05) is 12.4 Å². The fourth-order valence-electron chi connectivity index (χ4n) is 1.15. The largest absolute Gasteiger partial charge is 0.314 e. The van der Waals surface area contributed by atoms with Gasteiger partial charge < -0.3 is 5.01 Å². The van der Waals surface area contributed by atoms with E-state index >= 15 is 0 Å². The zero-order chi connectivity index (χ0) is 7.68. The minimum Gasteiger partial charge on any atom is -0.314 e. The molecule has 1 aromatic heterocycles. The summed E-state index contributed by atoms with van der Waals surface area (Å²) in [4.78, 5) is 4.18. The Labute approximate surface area is 65.1 Å². The van der Waals surface area contributed by atoms with Crippen molar-refractivity contribution in [2.45, 2.75) is 6.54 Å². The van der Waals surface area contributed by atoms with Crippen LogP contribution in [0.2, 0.25) is 0 Å². The normalized spacial score (nSPS) is 14.8. The first-order valence-corrected chi connectivity index (χ1v) is 3.50. The molecular formula is C8H9N3. The maximum Gasteiger partial charge on any atom is 0.0695 e. The van der Waals surface area contributed by atoms with E-state index in [1.165, 1.54) is 5.56 Å². The van der Waals surface area contributed by atoms with Crippen LogP contribution in [0.25, 0.3) is 6.08 Å². The Hall–Kier alpha value is -1.35. The van der Waals surface area contributed by atoms with E-state index in [2.05, 4.69) is 4.98 Å². The van der Waals surface area contributed by atoms with Crippen molar-refractivity contribution in [1.29, 1.82) is 0 Å². The van der Waals surface area contributed by atoms with E-state index in [-0.39, 0.29) is 0 Å². The summed E-state index contributed by atoms with van der Waals surface area (Å²) in [6, 6.07) is 3.96. The first kappa shape index (κ1) is 6.37. The third-order valence-electron chi connectivity index (χ3n) is 1.70.